The number of aryl methyl sites for hydroxylation is 2. The van der Waals surface area contributed by atoms with Crippen LogP contribution in [-0.4, -0.2) is 16.3 Å². The van der Waals surface area contributed by atoms with Crippen LogP contribution in [0.4, 0.5) is 4.39 Å². The van der Waals surface area contributed by atoms with E-state index < -0.39 is 0 Å². The molecule has 0 fully saturated rings. The Kier molecular flexibility index (Phi) is 5.37. The summed E-state index contributed by atoms with van der Waals surface area (Å²) in [7, 11) is 1.93. The van der Waals surface area contributed by atoms with Crippen LogP contribution >= 0.6 is 11.6 Å². The first kappa shape index (κ1) is 16.0. The first-order valence-corrected chi connectivity index (χ1v) is 7.57. The van der Waals surface area contributed by atoms with Crippen molar-refractivity contribution in [1.29, 1.82) is 0 Å². The summed E-state index contributed by atoms with van der Waals surface area (Å²) in [5.74, 6) is -0.371. The highest BCUT2D eigenvalue weighted by atomic mass is 35.5. The molecule has 1 aromatic carbocycles. The lowest BCUT2D eigenvalue weighted by molar-refractivity contribution is 0.492. The number of halogens is 2. The van der Waals surface area contributed by atoms with Gasteiger partial charge in [-0.25, -0.2) is 4.39 Å². The maximum absolute atomic E-state index is 13.6. The van der Waals surface area contributed by atoms with Gasteiger partial charge in [-0.2, -0.15) is 5.10 Å². The van der Waals surface area contributed by atoms with E-state index in [0.29, 0.717) is 6.42 Å². The summed E-state index contributed by atoms with van der Waals surface area (Å²) in [6, 6.07) is 7.07. The third-order valence-corrected chi connectivity index (χ3v) is 3.91. The van der Waals surface area contributed by atoms with Gasteiger partial charge >= 0.3 is 0 Å². The minimum absolute atomic E-state index is 0.0652. The summed E-state index contributed by atoms with van der Waals surface area (Å²) in [6.45, 7) is 4.98. The second-order valence-corrected chi connectivity index (χ2v) is 5.64. The molecule has 3 nitrogen and oxygen atoms in total. The third-order valence-electron chi connectivity index (χ3n) is 3.49. The van der Waals surface area contributed by atoms with E-state index in [4.69, 9.17) is 11.6 Å². The molecule has 1 aromatic heterocycles. The summed E-state index contributed by atoms with van der Waals surface area (Å²) >= 11 is 6.08. The van der Waals surface area contributed by atoms with E-state index in [-0.39, 0.29) is 16.9 Å². The number of hydrogen-bond donors (Lipinski definition) is 1. The van der Waals surface area contributed by atoms with Crippen molar-refractivity contribution in [2.75, 3.05) is 6.54 Å². The van der Waals surface area contributed by atoms with Crippen LogP contribution in [0.25, 0.3) is 0 Å². The molecule has 2 rings (SSSR count). The van der Waals surface area contributed by atoms with Gasteiger partial charge in [0.1, 0.15) is 5.82 Å². The van der Waals surface area contributed by atoms with Crippen LogP contribution in [0.2, 0.25) is 5.02 Å². The second-order valence-electron chi connectivity index (χ2n) is 5.26. The maximum Gasteiger partial charge on any atom is 0.142 e. The Balaban J connectivity index is 2.28. The van der Waals surface area contributed by atoms with E-state index in [0.717, 1.165) is 29.9 Å². The molecular formula is C16H21ClFN3. The normalized spacial score (nSPS) is 12.6. The van der Waals surface area contributed by atoms with Crippen LogP contribution in [-0.2, 0) is 13.5 Å². The van der Waals surface area contributed by atoms with Gasteiger partial charge < -0.3 is 5.32 Å². The summed E-state index contributed by atoms with van der Waals surface area (Å²) in [5.41, 5.74) is 2.87. The Morgan fingerprint density at radius 2 is 2.19 bits per heavy atom. The van der Waals surface area contributed by atoms with Crippen molar-refractivity contribution >= 4 is 11.6 Å². The average molecular weight is 310 g/mol. The second kappa shape index (κ2) is 7.05. The number of benzene rings is 1. The van der Waals surface area contributed by atoms with Crippen LogP contribution in [0.1, 0.15) is 36.3 Å². The Morgan fingerprint density at radius 3 is 2.81 bits per heavy atom. The molecule has 2 aromatic rings. The number of nitrogens with one attached hydrogen (secondary N) is 1. The van der Waals surface area contributed by atoms with Crippen molar-refractivity contribution in [2.45, 2.75) is 32.7 Å². The largest absolute Gasteiger partial charge is 0.308 e. The molecule has 0 saturated carbocycles. The monoisotopic (exact) mass is 309 g/mol. The van der Waals surface area contributed by atoms with Crippen molar-refractivity contribution in [3.8, 4) is 0 Å². The summed E-state index contributed by atoms with van der Waals surface area (Å²) < 4.78 is 15.5. The van der Waals surface area contributed by atoms with Crippen LogP contribution in [0, 0.1) is 12.7 Å². The van der Waals surface area contributed by atoms with Gasteiger partial charge in [0.05, 0.1) is 22.5 Å². The average Bonchev–Trinajstić information content (AvgIpc) is 2.78. The number of nitrogens with zero attached hydrogens (tertiary/aromatic N) is 2. The molecule has 0 amide bonds. The molecule has 0 spiro atoms. The molecule has 1 N–H and O–H groups in total. The predicted octanol–water partition coefficient (Wildman–Crippen LogP) is 3.80. The highest BCUT2D eigenvalue weighted by Gasteiger charge is 2.18. The molecule has 5 heteroatoms. The van der Waals surface area contributed by atoms with E-state index in [9.17, 15) is 4.39 Å². The Morgan fingerprint density at radius 1 is 1.43 bits per heavy atom. The molecule has 0 saturated heterocycles. The zero-order valence-corrected chi connectivity index (χ0v) is 13.4. The van der Waals surface area contributed by atoms with Crippen LogP contribution in [0.5, 0.6) is 0 Å². The molecule has 0 radical (unpaired) electrons. The molecule has 21 heavy (non-hydrogen) atoms. The van der Waals surface area contributed by atoms with Gasteiger partial charge in [0.15, 0.2) is 0 Å². The zero-order valence-electron chi connectivity index (χ0n) is 12.7. The SMILES string of the molecule is CCCNC(Cc1cccc(F)c1Cl)c1cc(C)nn1C. The van der Waals surface area contributed by atoms with E-state index in [1.807, 2.05) is 24.7 Å². The molecule has 0 aliphatic rings. The van der Waals surface area contributed by atoms with Gasteiger partial charge in [-0.1, -0.05) is 30.7 Å². The highest BCUT2D eigenvalue weighted by molar-refractivity contribution is 6.31. The first-order valence-electron chi connectivity index (χ1n) is 7.19. The first-order chi connectivity index (χ1) is 10.0. The van der Waals surface area contributed by atoms with Crippen molar-refractivity contribution < 1.29 is 4.39 Å². The van der Waals surface area contributed by atoms with Crippen molar-refractivity contribution in [2.24, 2.45) is 7.05 Å². The lowest BCUT2D eigenvalue weighted by Gasteiger charge is -2.19. The summed E-state index contributed by atoms with van der Waals surface area (Å²) in [4.78, 5) is 0. The third kappa shape index (κ3) is 3.83. The number of aromatic nitrogens is 2. The Hall–Kier alpha value is -1.39. The van der Waals surface area contributed by atoms with Crippen LogP contribution in [0.15, 0.2) is 24.3 Å². The predicted molar refractivity (Wildman–Crippen MR) is 84.1 cm³/mol. The van der Waals surface area contributed by atoms with Crippen molar-refractivity contribution in [3.05, 3.63) is 52.1 Å². The van der Waals surface area contributed by atoms with Gasteiger partial charge in [0.25, 0.3) is 0 Å². The minimum atomic E-state index is -0.371. The number of hydrogen-bond acceptors (Lipinski definition) is 2. The molecule has 1 unspecified atom stereocenters. The fourth-order valence-electron chi connectivity index (χ4n) is 2.48. The van der Waals surface area contributed by atoms with Gasteiger partial charge in [-0.05, 0) is 44.0 Å². The molecular weight excluding hydrogens is 289 g/mol. The van der Waals surface area contributed by atoms with E-state index in [1.165, 1.54) is 6.07 Å². The molecule has 1 atom stereocenters. The lowest BCUT2D eigenvalue weighted by Crippen LogP contribution is -2.26. The summed E-state index contributed by atoms with van der Waals surface area (Å²) in [6.07, 6.45) is 1.67. The summed E-state index contributed by atoms with van der Waals surface area (Å²) in [5, 5.41) is 8.09. The Labute approximate surface area is 130 Å². The van der Waals surface area contributed by atoms with Gasteiger partial charge in [0.2, 0.25) is 0 Å². The van der Waals surface area contributed by atoms with Gasteiger partial charge in [-0.3, -0.25) is 4.68 Å². The van der Waals surface area contributed by atoms with Crippen molar-refractivity contribution in [1.82, 2.24) is 15.1 Å². The van der Waals surface area contributed by atoms with E-state index in [1.54, 1.807) is 6.07 Å². The van der Waals surface area contributed by atoms with E-state index >= 15 is 0 Å². The van der Waals surface area contributed by atoms with Crippen LogP contribution in [0.3, 0.4) is 0 Å². The van der Waals surface area contributed by atoms with Crippen LogP contribution < -0.4 is 5.32 Å². The quantitative estimate of drug-likeness (QED) is 0.879. The Bertz CT molecular complexity index is 610. The molecule has 0 aliphatic carbocycles. The highest BCUT2D eigenvalue weighted by Crippen LogP contribution is 2.26. The van der Waals surface area contributed by atoms with Gasteiger partial charge in [0, 0.05) is 7.05 Å². The van der Waals surface area contributed by atoms with Crippen molar-refractivity contribution in [3.63, 3.8) is 0 Å². The number of rotatable bonds is 6. The minimum Gasteiger partial charge on any atom is -0.308 e. The lowest BCUT2D eigenvalue weighted by atomic mass is 10.0. The molecule has 1 heterocycles. The molecule has 114 valence electrons. The molecule has 0 bridgehead atoms. The fourth-order valence-corrected chi connectivity index (χ4v) is 2.69. The van der Waals surface area contributed by atoms with Gasteiger partial charge in [-0.15, -0.1) is 0 Å². The fraction of sp³-hybridized carbons (Fsp3) is 0.438. The smallest absolute Gasteiger partial charge is 0.142 e. The maximum atomic E-state index is 13.6. The topological polar surface area (TPSA) is 29.9 Å². The van der Waals surface area contributed by atoms with E-state index in [2.05, 4.69) is 23.4 Å². The molecule has 0 aliphatic heterocycles. The zero-order chi connectivity index (χ0) is 15.4. The standard InChI is InChI=1S/C16H21ClFN3/c1-4-8-19-14(15-9-11(2)20-21(15)3)10-12-6-5-7-13(18)16(12)17/h5-7,9,14,19H,4,8,10H2,1-3H3.